The second-order valence-corrected chi connectivity index (χ2v) is 9.90. The number of fused-ring (bicyclic) bond motifs is 1. The van der Waals surface area contributed by atoms with Crippen molar-refractivity contribution >= 4 is 33.3 Å². The summed E-state index contributed by atoms with van der Waals surface area (Å²) in [5.74, 6) is 1.44. The molecular weight excluding hydrogens is 447 g/mol. The minimum atomic E-state index is -0.335. The molecule has 4 aromatic rings. The fourth-order valence-electron chi connectivity index (χ4n) is 4.41. The number of nitrogens with zero attached hydrogens (tertiary/aromatic N) is 4. The molecule has 0 unspecified atom stereocenters. The van der Waals surface area contributed by atoms with E-state index >= 15 is 0 Å². The molecule has 1 fully saturated rings. The predicted octanol–water partition coefficient (Wildman–Crippen LogP) is 5.19. The first-order chi connectivity index (χ1) is 16.5. The fraction of sp³-hybridized carbons (Fsp3) is 0.296. The number of carbonyl (C=O) groups is 1. The lowest BCUT2D eigenvalue weighted by molar-refractivity contribution is 0.0746. The highest BCUT2D eigenvalue weighted by Gasteiger charge is 2.26. The summed E-state index contributed by atoms with van der Waals surface area (Å²) in [5.41, 5.74) is 3.03. The summed E-state index contributed by atoms with van der Waals surface area (Å²) >= 11 is 1.72. The fourth-order valence-corrected chi connectivity index (χ4v) is 5.45. The van der Waals surface area contributed by atoms with Crippen LogP contribution >= 0.6 is 11.3 Å². The SMILES string of the molecule is Cc1sc2nc(CCc3ccccc3)nc(N3CCN(C(=O)c4ccc(F)cc4)CC3)c2c1C. The summed E-state index contributed by atoms with van der Waals surface area (Å²) in [6.07, 6.45) is 1.68. The Morgan fingerprint density at radius 2 is 1.65 bits per heavy atom. The lowest BCUT2D eigenvalue weighted by Crippen LogP contribution is -2.49. The van der Waals surface area contributed by atoms with Crippen LogP contribution in [0.3, 0.4) is 0 Å². The molecule has 1 amide bonds. The zero-order valence-electron chi connectivity index (χ0n) is 19.4. The molecular formula is C27H27FN4OS. The third-order valence-electron chi connectivity index (χ3n) is 6.49. The Hall–Kier alpha value is -3.32. The van der Waals surface area contributed by atoms with Gasteiger partial charge < -0.3 is 9.80 Å². The van der Waals surface area contributed by atoms with Gasteiger partial charge in [-0.3, -0.25) is 4.79 Å². The number of hydrogen-bond donors (Lipinski definition) is 0. The smallest absolute Gasteiger partial charge is 0.253 e. The van der Waals surface area contributed by atoms with E-state index in [0.717, 1.165) is 34.7 Å². The zero-order valence-corrected chi connectivity index (χ0v) is 20.2. The van der Waals surface area contributed by atoms with E-state index < -0.39 is 0 Å². The average Bonchev–Trinajstić information content (AvgIpc) is 3.16. The molecule has 174 valence electrons. The average molecular weight is 475 g/mol. The standard InChI is InChI=1S/C27H27FN4OS/c1-18-19(2)34-26-24(18)25(29-23(30-26)13-8-20-6-4-3-5-7-20)31-14-16-32(17-15-31)27(33)21-9-11-22(28)12-10-21/h3-7,9-12H,8,13-17H2,1-2H3. The number of aryl methyl sites for hydroxylation is 4. The third kappa shape index (κ3) is 4.53. The van der Waals surface area contributed by atoms with E-state index in [4.69, 9.17) is 9.97 Å². The molecule has 0 N–H and O–H groups in total. The molecule has 0 bridgehead atoms. The van der Waals surface area contributed by atoms with Gasteiger partial charge in [-0.2, -0.15) is 0 Å². The molecule has 0 aliphatic carbocycles. The Balaban J connectivity index is 1.37. The van der Waals surface area contributed by atoms with Crippen molar-refractivity contribution in [3.8, 4) is 0 Å². The molecule has 1 aliphatic heterocycles. The Morgan fingerprint density at radius 3 is 2.35 bits per heavy atom. The summed E-state index contributed by atoms with van der Waals surface area (Å²) in [6, 6.07) is 16.2. The Labute approximate surface area is 202 Å². The first-order valence-corrected chi connectivity index (χ1v) is 12.4. The topological polar surface area (TPSA) is 49.3 Å². The molecule has 0 atom stereocenters. The Bertz CT molecular complexity index is 1310. The molecule has 0 saturated carbocycles. The number of piperazine rings is 1. The maximum absolute atomic E-state index is 13.2. The number of carbonyl (C=O) groups excluding carboxylic acids is 1. The Morgan fingerprint density at radius 1 is 0.941 bits per heavy atom. The number of anilines is 1. The van der Waals surface area contributed by atoms with Gasteiger partial charge in [-0.1, -0.05) is 30.3 Å². The predicted molar refractivity (Wildman–Crippen MR) is 135 cm³/mol. The highest BCUT2D eigenvalue weighted by molar-refractivity contribution is 7.18. The number of aromatic nitrogens is 2. The summed E-state index contributed by atoms with van der Waals surface area (Å²) in [4.78, 5) is 29.2. The van der Waals surface area contributed by atoms with Crippen LogP contribution < -0.4 is 4.90 Å². The molecule has 2 aromatic carbocycles. The summed E-state index contributed by atoms with van der Waals surface area (Å²) in [7, 11) is 0. The summed E-state index contributed by atoms with van der Waals surface area (Å²) in [5, 5.41) is 1.13. The lowest BCUT2D eigenvalue weighted by atomic mass is 10.1. The highest BCUT2D eigenvalue weighted by atomic mass is 32.1. The largest absolute Gasteiger partial charge is 0.352 e. The quantitative estimate of drug-likeness (QED) is 0.399. The highest BCUT2D eigenvalue weighted by Crippen LogP contribution is 2.35. The van der Waals surface area contributed by atoms with Crippen LogP contribution in [-0.4, -0.2) is 47.0 Å². The van der Waals surface area contributed by atoms with Gasteiger partial charge in [0.25, 0.3) is 5.91 Å². The Kier molecular flexibility index (Phi) is 6.28. The van der Waals surface area contributed by atoms with E-state index in [0.29, 0.717) is 31.7 Å². The number of hydrogen-bond acceptors (Lipinski definition) is 5. The van der Waals surface area contributed by atoms with Crippen molar-refractivity contribution in [3.63, 3.8) is 0 Å². The van der Waals surface area contributed by atoms with Crippen molar-refractivity contribution in [1.82, 2.24) is 14.9 Å². The molecule has 34 heavy (non-hydrogen) atoms. The lowest BCUT2D eigenvalue weighted by Gasteiger charge is -2.36. The number of thiophene rings is 1. The maximum Gasteiger partial charge on any atom is 0.253 e. The summed E-state index contributed by atoms with van der Waals surface area (Å²) < 4.78 is 13.2. The molecule has 5 nitrogen and oxygen atoms in total. The van der Waals surface area contributed by atoms with Gasteiger partial charge in [-0.25, -0.2) is 14.4 Å². The van der Waals surface area contributed by atoms with Crippen LogP contribution in [-0.2, 0) is 12.8 Å². The number of halogens is 1. The van der Waals surface area contributed by atoms with Crippen molar-refractivity contribution in [2.75, 3.05) is 31.1 Å². The van der Waals surface area contributed by atoms with Crippen LogP contribution in [0.15, 0.2) is 54.6 Å². The van der Waals surface area contributed by atoms with E-state index in [1.54, 1.807) is 23.5 Å². The molecule has 7 heteroatoms. The second-order valence-electron chi connectivity index (χ2n) is 8.70. The normalized spacial score (nSPS) is 14.1. The molecule has 1 aliphatic rings. The molecule has 0 spiro atoms. The minimum Gasteiger partial charge on any atom is -0.352 e. The van der Waals surface area contributed by atoms with Crippen LogP contribution in [0, 0.1) is 19.7 Å². The first-order valence-electron chi connectivity index (χ1n) is 11.6. The molecule has 1 saturated heterocycles. The van der Waals surface area contributed by atoms with Crippen LogP contribution in [0.2, 0.25) is 0 Å². The van der Waals surface area contributed by atoms with Gasteiger partial charge in [0.15, 0.2) is 0 Å². The zero-order chi connectivity index (χ0) is 23.7. The van der Waals surface area contributed by atoms with E-state index in [1.165, 1.54) is 28.1 Å². The molecule has 5 rings (SSSR count). The molecule has 3 heterocycles. The van der Waals surface area contributed by atoms with E-state index in [2.05, 4.69) is 43.0 Å². The number of benzene rings is 2. The van der Waals surface area contributed by atoms with Gasteiger partial charge in [0.2, 0.25) is 0 Å². The van der Waals surface area contributed by atoms with Crippen molar-refractivity contribution in [3.05, 3.63) is 87.8 Å². The van der Waals surface area contributed by atoms with Crippen LogP contribution in [0.5, 0.6) is 0 Å². The minimum absolute atomic E-state index is 0.0569. The monoisotopic (exact) mass is 474 g/mol. The molecule has 2 aromatic heterocycles. The van der Waals surface area contributed by atoms with Crippen molar-refractivity contribution < 1.29 is 9.18 Å². The first kappa shape index (κ1) is 22.5. The van der Waals surface area contributed by atoms with E-state index in [9.17, 15) is 9.18 Å². The second kappa shape index (κ2) is 9.50. The number of amides is 1. The van der Waals surface area contributed by atoms with Crippen LogP contribution in [0.25, 0.3) is 10.2 Å². The van der Waals surface area contributed by atoms with Crippen molar-refractivity contribution in [2.24, 2.45) is 0 Å². The van der Waals surface area contributed by atoms with Crippen molar-refractivity contribution in [1.29, 1.82) is 0 Å². The van der Waals surface area contributed by atoms with Crippen LogP contribution in [0.1, 0.15) is 32.2 Å². The van der Waals surface area contributed by atoms with Gasteiger partial charge in [0.1, 0.15) is 22.3 Å². The van der Waals surface area contributed by atoms with Gasteiger partial charge in [0.05, 0.1) is 5.39 Å². The van der Waals surface area contributed by atoms with Crippen LogP contribution in [0.4, 0.5) is 10.2 Å². The third-order valence-corrected chi connectivity index (χ3v) is 7.59. The summed E-state index contributed by atoms with van der Waals surface area (Å²) in [6.45, 7) is 6.87. The van der Waals surface area contributed by atoms with Gasteiger partial charge in [-0.15, -0.1) is 11.3 Å². The number of rotatable bonds is 5. The van der Waals surface area contributed by atoms with Gasteiger partial charge in [0, 0.05) is 43.0 Å². The van der Waals surface area contributed by atoms with Gasteiger partial charge in [-0.05, 0) is 55.7 Å². The van der Waals surface area contributed by atoms with Gasteiger partial charge >= 0.3 is 0 Å². The van der Waals surface area contributed by atoms with E-state index in [1.807, 2.05) is 11.0 Å². The molecule has 0 radical (unpaired) electrons. The van der Waals surface area contributed by atoms with Crippen molar-refractivity contribution in [2.45, 2.75) is 26.7 Å². The maximum atomic E-state index is 13.2. The van der Waals surface area contributed by atoms with E-state index in [-0.39, 0.29) is 11.7 Å².